The molecule has 6 heteroatoms. The Balaban J connectivity index is 2.22. The Labute approximate surface area is 113 Å². The molecule has 0 spiro atoms. The molecule has 3 rings (SSSR count). The van der Waals surface area contributed by atoms with E-state index in [1.165, 1.54) is 12.1 Å². The van der Waals surface area contributed by atoms with Crippen molar-refractivity contribution < 1.29 is 9.72 Å². The highest BCUT2D eigenvalue weighted by Gasteiger charge is 2.25. The summed E-state index contributed by atoms with van der Waals surface area (Å²) >= 11 is 1.01. The van der Waals surface area contributed by atoms with Crippen molar-refractivity contribution >= 4 is 34.0 Å². The van der Waals surface area contributed by atoms with Gasteiger partial charge >= 0.3 is 0 Å². The van der Waals surface area contributed by atoms with Crippen LogP contribution in [0.2, 0.25) is 0 Å². The number of fused-ring (bicyclic) bond motifs is 2. The number of benzene rings is 1. The lowest BCUT2D eigenvalue weighted by Crippen LogP contribution is -2.01. The first-order valence-electron chi connectivity index (χ1n) is 5.82. The van der Waals surface area contributed by atoms with Crippen LogP contribution in [-0.2, 0) is 4.79 Å². The van der Waals surface area contributed by atoms with Gasteiger partial charge in [0.15, 0.2) is 0 Å². The second kappa shape index (κ2) is 4.55. The van der Waals surface area contributed by atoms with Crippen molar-refractivity contribution in [2.24, 2.45) is 0 Å². The SMILES string of the molecule is O=C1SNc2ccc([N+](=O)[O-])cc2C2=C1C=CCC2. The summed E-state index contributed by atoms with van der Waals surface area (Å²) in [4.78, 5) is 22.5. The largest absolute Gasteiger partial charge is 0.322 e. The van der Waals surface area contributed by atoms with Crippen LogP contribution in [-0.4, -0.2) is 10.0 Å². The van der Waals surface area contributed by atoms with Crippen molar-refractivity contribution in [2.45, 2.75) is 12.8 Å². The van der Waals surface area contributed by atoms with E-state index in [0.29, 0.717) is 5.57 Å². The zero-order valence-corrected chi connectivity index (χ0v) is 10.7. The fraction of sp³-hybridized carbons (Fsp3) is 0.154. The van der Waals surface area contributed by atoms with Crippen LogP contribution in [0.4, 0.5) is 11.4 Å². The Morgan fingerprint density at radius 1 is 1.37 bits per heavy atom. The zero-order valence-electron chi connectivity index (χ0n) is 9.88. The van der Waals surface area contributed by atoms with Gasteiger partial charge in [0.25, 0.3) is 5.69 Å². The van der Waals surface area contributed by atoms with E-state index in [0.717, 1.165) is 41.6 Å². The molecule has 0 radical (unpaired) electrons. The molecule has 1 N–H and O–H groups in total. The van der Waals surface area contributed by atoms with Gasteiger partial charge in [0, 0.05) is 35.2 Å². The molecule has 1 aliphatic carbocycles. The average Bonchev–Trinajstić information content (AvgIpc) is 2.57. The van der Waals surface area contributed by atoms with Crippen LogP contribution in [0.5, 0.6) is 0 Å². The van der Waals surface area contributed by atoms with Crippen molar-refractivity contribution in [3.63, 3.8) is 0 Å². The maximum Gasteiger partial charge on any atom is 0.270 e. The molecule has 0 saturated carbocycles. The maximum absolute atomic E-state index is 12.0. The van der Waals surface area contributed by atoms with E-state index in [2.05, 4.69) is 4.72 Å². The fourth-order valence-corrected chi connectivity index (χ4v) is 2.96. The molecule has 1 heterocycles. The van der Waals surface area contributed by atoms with Crippen molar-refractivity contribution in [1.82, 2.24) is 0 Å². The third-order valence-electron chi connectivity index (χ3n) is 3.18. The molecule has 0 bridgehead atoms. The second-order valence-corrected chi connectivity index (χ2v) is 5.09. The first-order valence-corrected chi connectivity index (χ1v) is 6.64. The average molecular weight is 274 g/mol. The van der Waals surface area contributed by atoms with E-state index in [4.69, 9.17) is 0 Å². The third kappa shape index (κ3) is 2.04. The summed E-state index contributed by atoms with van der Waals surface area (Å²) in [7, 11) is 0. The number of nitro benzene ring substituents is 1. The number of nitro groups is 1. The molecule has 0 unspecified atom stereocenters. The fourth-order valence-electron chi connectivity index (χ4n) is 2.28. The molecule has 0 fully saturated rings. The highest BCUT2D eigenvalue weighted by molar-refractivity contribution is 8.15. The number of allylic oxidation sites excluding steroid dienone is 3. The van der Waals surface area contributed by atoms with Gasteiger partial charge in [-0.2, -0.15) is 0 Å². The lowest BCUT2D eigenvalue weighted by Gasteiger charge is -2.13. The molecule has 1 aliphatic heterocycles. The quantitative estimate of drug-likeness (QED) is 0.483. The summed E-state index contributed by atoms with van der Waals surface area (Å²) < 4.78 is 2.97. The number of hydrogen-bond acceptors (Lipinski definition) is 5. The van der Waals surface area contributed by atoms with E-state index in [1.54, 1.807) is 6.07 Å². The van der Waals surface area contributed by atoms with Gasteiger partial charge in [-0.1, -0.05) is 12.2 Å². The molecule has 2 aliphatic rings. The first kappa shape index (κ1) is 12.0. The summed E-state index contributed by atoms with van der Waals surface area (Å²) in [5.74, 6) is 0. The van der Waals surface area contributed by atoms with Gasteiger partial charge in [-0.25, -0.2) is 0 Å². The van der Waals surface area contributed by atoms with Gasteiger partial charge in [0.1, 0.15) is 0 Å². The molecule has 19 heavy (non-hydrogen) atoms. The molecular weight excluding hydrogens is 264 g/mol. The van der Waals surface area contributed by atoms with E-state index in [9.17, 15) is 14.9 Å². The molecule has 1 aromatic rings. The zero-order chi connectivity index (χ0) is 13.4. The first-order chi connectivity index (χ1) is 9.16. The summed E-state index contributed by atoms with van der Waals surface area (Å²) in [6, 6.07) is 4.64. The number of non-ortho nitro benzene ring substituents is 1. The van der Waals surface area contributed by atoms with Gasteiger partial charge in [0.2, 0.25) is 5.12 Å². The van der Waals surface area contributed by atoms with Gasteiger partial charge in [0.05, 0.1) is 10.6 Å². The van der Waals surface area contributed by atoms with Crippen molar-refractivity contribution in [3.8, 4) is 0 Å². The van der Waals surface area contributed by atoms with E-state index >= 15 is 0 Å². The van der Waals surface area contributed by atoms with Crippen LogP contribution in [0.3, 0.4) is 0 Å². The van der Waals surface area contributed by atoms with Crippen LogP contribution < -0.4 is 4.72 Å². The van der Waals surface area contributed by atoms with Crippen LogP contribution in [0.25, 0.3) is 5.57 Å². The van der Waals surface area contributed by atoms with Crippen LogP contribution in [0, 0.1) is 10.1 Å². The van der Waals surface area contributed by atoms with Crippen molar-refractivity contribution in [1.29, 1.82) is 0 Å². The number of carbonyl (C=O) groups excluding carboxylic acids is 1. The molecule has 96 valence electrons. The summed E-state index contributed by atoms with van der Waals surface area (Å²) in [5, 5.41) is 10.8. The highest BCUT2D eigenvalue weighted by atomic mass is 32.2. The van der Waals surface area contributed by atoms with Crippen LogP contribution >= 0.6 is 11.9 Å². The number of hydrogen-bond donors (Lipinski definition) is 1. The number of nitrogens with one attached hydrogen (secondary N) is 1. The van der Waals surface area contributed by atoms with Crippen molar-refractivity contribution in [2.75, 3.05) is 4.72 Å². The number of carbonyl (C=O) groups is 1. The van der Waals surface area contributed by atoms with Gasteiger partial charge in [-0.05, 0) is 24.5 Å². The Hall–Kier alpha value is -2.08. The molecule has 5 nitrogen and oxygen atoms in total. The summed E-state index contributed by atoms with van der Waals surface area (Å²) in [6.07, 6.45) is 5.34. The standard InChI is InChI=1S/C13H10N2O3S/c16-13-10-4-2-1-3-9(10)11-7-8(15(17)18)5-6-12(11)14-19-13/h2,4-7,14H,1,3H2. The molecule has 0 aromatic heterocycles. The van der Waals surface area contributed by atoms with Gasteiger partial charge < -0.3 is 4.72 Å². The Morgan fingerprint density at radius 2 is 2.21 bits per heavy atom. The monoisotopic (exact) mass is 274 g/mol. The van der Waals surface area contributed by atoms with Crippen LogP contribution in [0.15, 0.2) is 35.9 Å². The van der Waals surface area contributed by atoms with Gasteiger partial charge in [-0.3, -0.25) is 14.9 Å². The smallest absolute Gasteiger partial charge is 0.270 e. The predicted molar refractivity (Wildman–Crippen MR) is 74.6 cm³/mol. The summed E-state index contributed by atoms with van der Waals surface area (Å²) in [6.45, 7) is 0. The minimum Gasteiger partial charge on any atom is -0.322 e. The molecule has 0 amide bonds. The van der Waals surface area contributed by atoms with Crippen LogP contribution in [0.1, 0.15) is 18.4 Å². The van der Waals surface area contributed by atoms with E-state index < -0.39 is 4.92 Å². The molecule has 0 saturated heterocycles. The third-order valence-corrected chi connectivity index (χ3v) is 3.91. The van der Waals surface area contributed by atoms with Crippen molar-refractivity contribution in [3.05, 3.63) is 51.6 Å². The minimum absolute atomic E-state index is 0.0429. The molecular formula is C13H10N2O3S. The lowest BCUT2D eigenvalue weighted by atomic mass is 9.91. The minimum atomic E-state index is -0.418. The highest BCUT2D eigenvalue weighted by Crippen LogP contribution is 2.40. The van der Waals surface area contributed by atoms with E-state index in [1.807, 2.05) is 12.2 Å². The normalized spacial score (nSPS) is 17.4. The molecule has 0 atom stereocenters. The Morgan fingerprint density at radius 3 is 3.00 bits per heavy atom. The Bertz CT molecular complexity index is 649. The second-order valence-electron chi connectivity index (χ2n) is 4.31. The van der Waals surface area contributed by atoms with Gasteiger partial charge in [-0.15, -0.1) is 0 Å². The summed E-state index contributed by atoms with van der Waals surface area (Å²) in [5.41, 5.74) is 3.09. The number of anilines is 1. The lowest BCUT2D eigenvalue weighted by molar-refractivity contribution is -0.384. The number of nitrogens with zero attached hydrogens (tertiary/aromatic N) is 1. The number of rotatable bonds is 1. The molecule has 1 aromatic carbocycles. The maximum atomic E-state index is 12.0. The topological polar surface area (TPSA) is 72.2 Å². The van der Waals surface area contributed by atoms with E-state index in [-0.39, 0.29) is 10.8 Å². The Kier molecular flexibility index (Phi) is 2.87. The predicted octanol–water partition coefficient (Wildman–Crippen LogP) is 3.30.